The maximum Gasteiger partial charge on any atom is 0.321 e. The van der Waals surface area contributed by atoms with Gasteiger partial charge in [-0.2, -0.15) is 0 Å². The summed E-state index contributed by atoms with van der Waals surface area (Å²) in [5.74, 6) is 0.441. The summed E-state index contributed by atoms with van der Waals surface area (Å²) < 4.78 is 1.04. The minimum atomic E-state index is -0.00669. The molecule has 1 unspecified atom stereocenters. The molecular weight excluding hydrogens is 294 g/mol. The Kier molecular flexibility index (Phi) is 4.24. The Balaban J connectivity index is 2.21. The van der Waals surface area contributed by atoms with Crippen LogP contribution in [-0.4, -0.2) is 32.7 Å². The van der Waals surface area contributed by atoms with Crippen molar-refractivity contribution in [3.8, 4) is 0 Å². The molecular formula is C13H18BrN3O. The molecule has 1 aliphatic rings. The van der Waals surface area contributed by atoms with Crippen molar-refractivity contribution in [1.82, 2.24) is 10.6 Å². The van der Waals surface area contributed by atoms with Crippen molar-refractivity contribution >= 4 is 27.6 Å². The van der Waals surface area contributed by atoms with E-state index in [1.54, 1.807) is 0 Å². The highest BCUT2D eigenvalue weighted by molar-refractivity contribution is 9.10. The summed E-state index contributed by atoms with van der Waals surface area (Å²) in [7, 11) is 1.94. The minimum absolute atomic E-state index is 0.00669. The lowest BCUT2D eigenvalue weighted by atomic mass is 10.1. The number of amides is 2. The molecule has 1 aromatic rings. The number of anilines is 1. The number of nitrogens with one attached hydrogen (secondary N) is 2. The van der Waals surface area contributed by atoms with E-state index in [9.17, 15) is 4.79 Å². The lowest BCUT2D eigenvalue weighted by Crippen LogP contribution is -2.53. The van der Waals surface area contributed by atoms with E-state index in [0.717, 1.165) is 35.4 Å². The van der Waals surface area contributed by atoms with Gasteiger partial charge in [-0.1, -0.05) is 15.9 Å². The average molecular weight is 312 g/mol. The highest BCUT2D eigenvalue weighted by Gasteiger charge is 2.26. The fourth-order valence-electron chi connectivity index (χ4n) is 2.29. The Morgan fingerprint density at radius 2 is 2.33 bits per heavy atom. The number of urea groups is 1. The highest BCUT2D eigenvalue weighted by Crippen LogP contribution is 2.25. The van der Waals surface area contributed by atoms with E-state index in [4.69, 9.17) is 0 Å². The van der Waals surface area contributed by atoms with Gasteiger partial charge in [0, 0.05) is 35.7 Å². The van der Waals surface area contributed by atoms with Gasteiger partial charge in [0.05, 0.1) is 0 Å². The van der Waals surface area contributed by atoms with E-state index >= 15 is 0 Å². The summed E-state index contributed by atoms with van der Waals surface area (Å²) in [6.45, 7) is 4.43. The quantitative estimate of drug-likeness (QED) is 0.898. The Labute approximate surface area is 116 Å². The van der Waals surface area contributed by atoms with Crippen LogP contribution in [0.25, 0.3) is 0 Å². The number of carbonyl (C=O) groups is 1. The van der Waals surface area contributed by atoms with Gasteiger partial charge in [0.2, 0.25) is 0 Å². The van der Waals surface area contributed by atoms with Gasteiger partial charge >= 0.3 is 6.03 Å². The maximum absolute atomic E-state index is 12.0. The van der Waals surface area contributed by atoms with E-state index in [0.29, 0.717) is 5.92 Å². The fraction of sp³-hybridized carbons (Fsp3) is 0.462. The number of benzene rings is 1. The molecule has 0 bridgehead atoms. The summed E-state index contributed by atoms with van der Waals surface area (Å²) in [6, 6.07) is 5.98. The third kappa shape index (κ3) is 2.84. The van der Waals surface area contributed by atoms with Gasteiger partial charge in [0.25, 0.3) is 0 Å². The maximum atomic E-state index is 12.0. The molecule has 2 rings (SSSR count). The highest BCUT2D eigenvalue weighted by atomic mass is 79.9. The molecule has 1 aromatic carbocycles. The predicted octanol–water partition coefficient (Wildman–Crippen LogP) is 2.12. The first kappa shape index (κ1) is 13.4. The van der Waals surface area contributed by atoms with Crippen LogP contribution >= 0.6 is 15.9 Å². The van der Waals surface area contributed by atoms with E-state index in [1.165, 1.54) is 0 Å². The number of hydrogen-bond acceptors (Lipinski definition) is 2. The second-order valence-electron chi connectivity index (χ2n) is 4.65. The molecule has 1 fully saturated rings. The molecule has 4 nitrogen and oxygen atoms in total. The standard InChI is InChI=1S/C13H18BrN3O/c1-9-5-11(14)3-4-12(9)17-8-10(6-15-2)7-16-13(17)18/h3-5,10,15H,6-8H2,1-2H3,(H,16,18). The largest absolute Gasteiger partial charge is 0.337 e. The van der Waals surface area contributed by atoms with Gasteiger partial charge in [-0.05, 0) is 37.7 Å². The lowest BCUT2D eigenvalue weighted by Gasteiger charge is -2.34. The number of hydrogen-bond donors (Lipinski definition) is 2. The smallest absolute Gasteiger partial charge is 0.321 e. The molecule has 2 N–H and O–H groups in total. The van der Waals surface area contributed by atoms with Crippen LogP contribution in [0.1, 0.15) is 5.56 Å². The molecule has 1 atom stereocenters. The Morgan fingerprint density at radius 3 is 3.00 bits per heavy atom. The Hall–Kier alpha value is -1.07. The summed E-state index contributed by atoms with van der Waals surface area (Å²) in [4.78, 5) is 13.8. The topological polar surface area (TPSA) is 44.4 Å². The molecule has 1 aliphatic heterocycles. The SMILES string of the molecule is CNCC1CNC(=O)N(c2ccc(Br)cc2C)C1. The molecule has 18 heavy (non-hydrogen) atoms. The second-order valence-corrected chi connectivity index (χ2v) is 5.57. The number of halogens is 1. The van der Waals surface area contributed by atoms with Crippen LogP contribution in [0.15, 0.2) is 22.7 Å². The first-order valence-corrected chi connectivity index (χ1v) is 6.87. The number of rotatable bonds is 3. The van der Waals surface area contributed by atoms with Crippen molar-refractivity contribution in [2.45, 2.75) is 6.92 Å². The van der Waals surface area contributed by atoms with Gasteiger partial charge in [-0.15, -0.1) is 0 Å². The zero-order valence-electron chi connectivity index (χ0n) is 10.7. The third-order valence-corrected chi connectivity index (χ3v) is 3.66. The molecule has 0 aliphatic carbocycles. The van der Waals surface area contributed by atoms with Crippen molar-refractivity contribution in [3.05, 3.63) is 28.2 Å². The van der Waals surface area contributed by atoms with Crippen LogP contribution in [0.4, 0.5) is 10.5 Å². The lowest BCUT2D eigenvalue weighted by molar-refractivity contribution is 0.236. The van der Waals surface area contributed by atoms with Crippen LogP contribution in [-0.2, 0) is 0 Å². The molecule has 0 aromatic heterocycles. The second kappa shape index (κ2) is 5.71. The predicted molar refractivity (Wildman–Crippen MR) is 77.0 cm³/mol. The van der Waals surface area contributed by atoms with Crippen molar-refractivity contribution in [2.24, 2.45) is 5.92 Å². The van der Waals surface area contributed by atoms with Crippen molar-refractivity contribution in [3.63, 3.8) is 0 Å². The molecule has 1 saturated heterocycles. The number of carbonyl (C=O) groups excluding carboxylic acids is 1. The summed E-state index contributed by atoms with van der Waals surface area (Å²) >= 11 is 3.44. The first-order valence-electron chi connectivity index (χ1n) is 6.08. The van der Waals surface area contributed by atoms with Crippen LogP contribution in [0.3, 0.4) is 0 Å². The van der Waals surface area contributed by atoms with Crippen molar-refractivity contribution in [1.29, 1.82) is 0 Å². The number of aryl methyl sites for hydroxylation is 1. The van der Waals surface area contributed by atoms with Crippen molar-refractivity contribution in [2.75, 3.05) is 31.6 Å². The van der Waals surface area contributed by atoms with Crippen molar-refractivity contribution < 1.29 is 4.79 Å². The first-order chi connectivity index (χ1) is 8.61. The molecule has 98 valence electrons. The average Bonchev–Trinajstić information content (AvgIpc) is 2.33. The summed E-state index contributed by atoms with van der Waals surface area (Å²) in [5, 5.41) is 6.11. The Morgan fingerprint density at radius 1 is 1.56 bits per heavy atom. The van der Waals surface area contributed by atoms with Crippen LogP contribution in [0.2, 0.25) is 0 Å². The van der Waals surface area contributed by atoms with E-state index < -0.39 is 0 Å². The van der Waals surface area contributed by atoms with Gasteiger partial charge < -0.3 is 10.6 Å². The van der Waals surface area contributed by atoms with Crippen LogP contribution in [0.5, 0.6) is 0 Å². The summed E-state index contributed by atoms with van der Waals surface area (Å²) in [6.07, 6.45) is 0. The molecule has 0 radical (unpaired) electrons. The molecule has 0 spiro atoms. The van der Waals surface area contributed by atoms with Gasteiger partial charge in [-0.25, -0.2) is 4.79 Å². The van der Waals surface area contributed by atoms with E-state index in [-0.39, 0.29) is 6.03 Å². The van der Waals surface area contributed by atoms with Crippen LogP contribution < -0.4 is 15.5 Å². The summed E-state index contributed by atoms with van der Waals surface area (Å²) in [5.41, 5.74) is 2.08. The fourth-order valence-corrected chi connectivity index (χ4v) is 2.76. The minimum Gasteiger partial charge on any atom is -0.337 e. The zero-order valence-corrected chi connectivity index (χ0v) is 12.3. The molecule has 2 amide bonds. The van der Waals surface area contributed by atoms with E-state index in [2.05, 4.69) is 26.6 Å². The molecule has 1 heterocycles. The van der Waals surface area contributed by atoms with Crippen LogP contribution in [0, 0.1) is 12.8 Å². The van der Waals surface area contributed by atoms with Gasteiger partial charge in [0.1, 0.15) is 0 Å². The van der Waals surface area contributed by atoms with Gasteiger partial charge in [0.15, 0.2) is 0 Å². The Bertz CT molecular complexity index is 450. The van der Waals surface area contributed by atoms with Gasteiger partial charge in [-0.3, -0.25) is 4.90 Å². The van der Waals surface area contributed by atoms with E-state index in [1.807, 2.05) is 37.1 Å². The molecule has 5 heteroatoms. The molecule has 0 saturated carbocycles. The third-order valence-electron chi connectivity index (χ3n) is 3.17. The zero-order chi connectivity index (χ0) is 13.1. The normalized spacial score (nSPS) is 19.8. The number of nitrogens with zero attached hydrogens (tertiary/aromatic N) is 1. The monoisotopic (exact) mass is 311 g/mol.